The molecule has 0 aliphatic carbocycles. The predicted molar refractivity (Wildman–Crippen MR) is 180 cm³/mol. The number of aromatic nitrogens is 2. The number of ether oxygens (including phenoxy) is 2. The van der Waals surface area contributed by atoms with Crippen molar-refractivity contribution >= 4 is 52.0 Å². The van der Waals surface area contributed by atoms with Crippen LogP contribution in [-0.2, 0) is 4.74 Å². The average molecular weight is 635 g/mol. The van der Waals surface area contributed by atoms with Crippen LogP contribution in [0.4, 0.5) is 34.5 Å². The summed E-state index contributed by atoms with van der Waals surface area (Å²) < 4.78 is 11.2. The van der Waals surface area contributed by atoms with Gasteiger partial charge in [-0.05, 0) is 69.1 Å². The Morgan fingerprint density at radius 1 is 0.911 bits per heavy atom. The van der Waals surface area contributed by atoms with E-state index in [1.165, 1.54) is 38.5 Å². The van der Waals surface area contributed by atoms with Crippen LogP contribution in [0.1, 0.15) is 42.5 Å². The van der Waals surface area contributed by atoms with Crippen molar-refractivity contribution in [2.75, 3.05) is 87.1 Å². The van der Waals surface area contributed by atoms with Gasteiger partial charge in [0, 0.05) is 56.7 Å². The van der Waals surface area contributed by atoms with Gasteiger partial charge in [-0.3, -0.25) is 4.79 Å². The number of nitrogens with one attached hydrogen (secondary N) is 3. The number of hydrogen-bond acceptors (Lipinski definition) is 10. The summed E-state index contributed by atoms with van der Waals surface area (Å²) in [6.45, 7) is 7.49. The molecule has 1 amide bonds. The molecule has 3 aliphatic heterocycles. The van der Waals surface area contributed by atoms with E-state index in [0.29, 0.717) is 53.0 Å². The lowest BCUT2D eigenvalue weighted by atomic mass is 9.99. The highest BCUT2D eigenvalue weighted by Crippen LogP contribution is 2.34. The first-order chi connectivity index (χ1) is 22.0. The third kappa shape index (κ3) is 7.37. The van der Waals surface area contributed by atoms with Crippen molar-refractivity contribution in [3.05, 3.63) is 53.2 Å². The van der Waals surface area contributed by atoms with E-state index in [4.69, 9.17) is 21.1 Å². The van der Waals surface area contributed by atoms with Gasteiger partial charge in [0.15, 0.2) is 5.82 Å². The molecule has 0 saturated carbocycles. The number of benzene rings is 2. The second-order valence-corrected chi connectivity index (χ2v) is 12.2. The molecule has 6 rings (SSSR count). The highest BCUT2D eigenvalue weighted by atomic mass is 35.5. The van der Waals surface area contributed by atoms with Crippen LogP contribution in [0.2, 0.25) is 5.02 Å². The number of anilines is 6. The summed E-state index contributed by atoms with van der Waals surface area (Å²) >= 11 is 6.54. The van der Waals surface area contributed by atoms with Crippen LogP contribution in [0, 0.1) is 0 Å². The molecule has 1 aromatic heterocycles. The molecule has 240 valence electrons. The zero-order valence-corrected chi connectivity index (χ0v) is 26.9. The van der Waals surface area contributed by atoms with Crippen LogP contribution in [0.5, 0.6) is 5.75 Å². The fraction of sp³-hybridized carbons (Fsp3) is 0.485. The zero-order valence-electron chi connectivity index (χ0n) is 26.1. The SMILES string of the molecule is CNC(=O)c1cc(N2CCC(N3CCCCC3)CC2)ccc1Nc1nc(Nc2ccc(N3CCOCC3)cc2OC)ncc1Cl. The largest absolute Gasteiger partial charge is 0.494 e. The lowest BCUT2D eigenvalue weighted by Crippen LogP contribution is -2.46. The number of likely N-dealkylation sites (tertiary alicyclic amines) is 1. The van der Waals surface area contributed by atoms with Crippen molar-refractivity contribution in [2.24, 2.45) is 0 Å². The highest BCUT2D eigenvalue weighted by molar-refractivity contribution is 6.33. The quantitative estimate of drug-likeness (QED) is 0.288. The van der Waals surface area contributed by atoms with E-state index in [1.54, 1.807) is 14.2 Å². The van der Waals surface area contributed by atoms with Crippen LogP contribution >= 0.6 is 11.6 Å². The standard InChI is InChI=1S/C33H43ClN8O3/c1-35-32(43)26-20-24(41-14-10-23(11-15-41)40-12-4-3-5-13-40)6-8-28(26)37-31-27(34)22-36-33(39-31)38-29-9-7-25(21-30(29)44-2)42-16-18-45-19-17-42/h6-9,20-23H,3-5,10-19H2,1-2H3,(H,35,43)(H2,36,37,38,39). The molecular weight excluding hydrogens is 592 g/mol. The Morgan fingerprint density at radius 3 is 2.31 bits per heavy atom. The van der Waals surface area contributed by atoms with Crippen LogP contribution in [0.25, 0.3) is 0 Å². The summed E-state index contributed by atoms with van der Waals surface area (Å²) in [5.74, 6) is 1.22. The molecule has 3 fully saturated rings. The van der Waals surface area contributed by atoms with Crippen LogP contribution in [0.15, 0.2) is 42.6 Å². The first-order valence-electron chi connectivity index (χ1n) is 15.9. The van der Waals surface area contributed by atoms with E-state index in [9.17, 15) is 4.79 Å². The molecule has 0 unspecified atom stereocenters. The summed E-state index contributed by atoms with van der Waals surface area (Å²) in [6.07, 6.45) is 7.80. The number of rotatable bonds is 9. The second kappa shape index (κ2) is 14.5. The minimum Gasteiger partial charge on any atom is -0.494 e. The fourth-order valence-corrected chi connectivity index (χ4v) is 6.64. The Bertz CT molecular complexity index is 1470. The van der Waals surface area contributed by atoms with Gasteiger partial charge in [0.05, 0.1) is 43.5 Å². The normalized spacial score (nSPS) is 18.0. The van der Waals surface area contributed by atoms with E-state index >= 15 is 0 Å². The van der Waals surface area contributed by atoms with Gasteiger partial charge in [0.1, 0.15) is 10.8 Å². The number of carbonyl (C=O) groups excluding carboxylic acids is 1. The number of halogens is 1. The lowest BCUT2D eigenvalue weighted by molar-refractivity contribution is 0.0964. The maximum Gasteiger partial charge on any atom is 0.253 e. The predicted octanol–water partition coefficient (Wildman–Crippen LogP) is 5.28. The number of amides is 1. The molecule has 0 radical (unpaired) electrons. The van der Waals surface area contributed by atoms with Crippen molar-refractivity contribution in [1.29, 1.82) is 0 Å². The van der Waals surface area contributed by atoms with Crippen LogP contribution in [0.3, 0.4) is 0 Å². The number of methoxy groups -OCH3 is 1. The van der Waals surface area contributed by atoms with Crippen molar-refractivity contribution < 1.29 is 14.3 Å². The molecule has 3 saturated heterocycles. The topological polar surface area (TPSA) is 107 Å². The number of hydrogen-bond donors (Lipinski definition) is 3. The van der Waals surface area contributed by atoms with Crippen molar-refractivity contribution in [3.63, 3.8) is 0 Å². The zero-order chi connectivity index (χ0) is 31.2. The monoisotopic (exact) mass is 634 g/mol. The van der Waals surface area contributed by atoms with Crippen LogP contribution in [-0.4, -0.2) is 93.5 Å². The smallest absolute Gasteiger partial charge is 0.253 e. The first-order valence-corrected chi connectivity index (χ1v) is 16.3. The van der Waals surface area contributed by atoms with Gasteiger partial charge in [0.2, 0.25) is 5.95 Å². The molecule has 3 aromatic rings. The fourth-order valence-electron chi connectivity index (χ4n) is 6.50. The second-order valence-electron chi connectivity index (χ2n) is 11.7. The Labute approximate surface area is 270 Å². The van der Waals surface area contributed by atoms with E-state index in [1.807, 2.05) is 30.3 Å². The third-order valence-corrected chi connectivity index (χ3v) is 9.29. The number of carbonyl (C=O) groups is 1. The van der Waals surface area contributed by atoms with Gasteiger partial charge in [-0.15, -0.1) is 0 Å². The van der Waals surface area contributed by atoms with Gasteiger partial charge in [-0.2, -0.15) is 4.98 Å². The highest BCUT2D eigenvalue weighted by Gasteiger charge is 2.26. The summed E-state index contributed by atoms with van der Waals surface area (Å²) in [5.41, 5.74) is 3.97. The Balaban J connectivity index is 1.17. The van der Waals surface area contributed by atoms with Crippen molar-refractivity contribution in [1.82, 2.24) is 20.2 Å². The maximum atomic E-state index is 13.0. The maximum absolute atomic E-state index is 13.0. The van der Waals surface area contributed by atoms with E-state index in [0.717, 1.165) is 56.1 Å². The molecule has 0 spiro atoms. The minimum absolute atomic E-state index is 0.184. The molecule has 2 aromatic carbocycles. The third-order valence-electron chi connectivity index (χ3n) is 9.02. The lowest BCUT2D eigenvalue weighted by Gasteiger charge is -2.41. The molecule has 3 N–H and O–H groups in total. The molecule has 4 heterocycles. The molecule has 11 nitrogen and oxygen atoms in total. The van der Waals surface area contributed by atoms with Gasteiger partial charge < -0.3 is 40.1 Å². The van der Waals surface area contributed by atoms with E-state index in [2.05, 4.69) is 46.7 Å². The minimum atomic E-state index is -0.184. The number of nitrogens with zero attached hydrogens (tertiary/aromatic N) is 5. The molecule has 0 atom stereocenters. The molecule has 45 heavy (non-hydrogen) atoms. The molecule has 3 aliphatic rings. The van der Waals surface area contributed by atoms with Gasteiger partial charge in [-0.1, -0.05) is 18.0 Å². The van der Waals surface area contributed by atoms with Crippen LogP contribution < -0.4 is 30.5 Å². The van der Waals surface area contributed by atoms with E-state index < -0.39 is 0 Å². The Kier molecular flexibility index (Phi) is 10.1. The Morgan fingerprint density at radius 2 is 1.60 bits per heavy atom. The van der Waals surface area contributed by atoms with Gasteiger partial charge in [0.25, 0.3) is 5.91 Å². The van der Waals surface area contributed by atoms with E-state index in [-0.39, 0.29) is 5.91 Å². The summed E-state index contributed by atoms with van der Waals surface area (Å²) in [5, 5.41) is 9.66. The van der Waals surface area contributed by atoms with Gasteiger partial charge >= 0.3 is 0 Å². The van der Waals surface area contributed by atoms with Crippen molar-refractivity contribution in [2.45, 2.75) is 38.1 Å². The molecule has 12 heteroatoms. The first kappa shape index (κ1) is 31.2. The summed E-state index contributed by atoms with van der Waals surface area (Å²) in [6, 6.07) is 12.6. The Hall–Kier alpha value is -3.80. The number of piperidine rings is 2. The summed E-state index contributed by atoms with van der Waals surface area (Å²) in [4.78, 5) is 29.4. The molecular formula is C33H43ClN8O3. The van der Waals surface area contributed by atoms with Crippen molar-refractivity contribution in [3.8, 4) is 5.75 Å². The van der Waals surface area contributed by atoms with Gasteiger partial charge in [-0.25, -0.2) is 4.98 Å². The molecule has 0 bridgehead atoms. The number of morpholine rings is 1. The average Bonchev–Trinajstić information content (AvgIpc) is 3.10. The summed E-state index contributed by atoms with van der Waals surface area (Å²) in [7, 11) is 3.28.